The van der Waals surface area contributed by atoms with Crippen LogP contribution in [0.15, 0.2) is 30.3 Å². The van der Waals surface area contributed by atoms with Gasteiger partial charge in [-0.15, -0.1) is 11.8 Å². The van der Waals surface area contributed by atoms with Gasteiger partial charge < -0.3 is 20.6 Å². The highest BCUT2D eigenvalue weighted by atomic mass is 32.2. The Morgan fingerprint density at radius 3 is 2.37 bits per heavy atom. The van der Waals surface area contributed by atoms with E-state index >= 15 is 0 Å². The Labute approximate surface area is 175 Å². The summed E-state index contributed by atoms with van der Waals surface area (Å²) in [7, 11) is -4.93. The molecule has 2 saturated heterocycles. The van der Waals surface area contributed by atoms with Crippen LogP contribution in [0, 0.1) is 0 Å². The third-order valence-electron chi connectivity index (χ3n) is 5.03. The first-order valence-electron chi connectivity index (χ1n) is 8.65. The van der Waals surface area contributed by atoms with Crippen LogP contribution in [-0.2, 0) is 29.3 Å². The summed E-state index contributed by atoms with van der Waals surface area (Å²) in [5, 5.41) is 10.9. The van der Waals surface area contributed by atoms with Gasteiger partial charge >= 0.3 is 5.97 Å². The van der Waals surface area contributed by atoms with Crippen molar-refractivity contribution in [1.82, 2.24) is 15.5 Å². The van der Waals surface area contributed by atoms with Crippen molar-refractivity contribution in [2.24, 2.45) is 0 Å². The van der Waals surface area contributed by atoms with Gasteiger partial charge in [0.2, 0.25) is 18.0 Å². The van der Waals surface area contributed by atoms with Gasteiger partial charge in [0.15, 0.2) is 5.25 Å². The maximum atomic E-state index is 12.9. The number of aliphatic carboxylic acids is 1. The molecule has 1 aromatic carbocycles. The van der Waals surface area contributed by atoms with Gasteiger partial charge in [-0.3, -0.25) is 18.9 Å². The average Bonchev–Trinajstić information content (AvgIpc) is 2.90. The van der Waals surface area contributed by atoms with Crippen molar-refractivity contribution in [2.75, 3.05) is 0 Å². The second-order valence-corrected chi connectivity index (χ2v) is 10.6. The second kappa shape index (κ2) is 7.25. The van der Waals surface area contributed by atoms with E-state index in [1.54, 1.807) is 19.9 Å². The van der Waals surface area contributed by atoms with E-state index in [-0.39, 0.29) is 12.0 Å². The van der Waals surface area contributed by atoms with Gasteiger partial charge in [-0.2, -0.15) is 8.42 Å². The van der Waals surface area contributed by atoms with Crippen LogP contribution in [0.25, 0.3) is 0 Å². The van der Waals surface area contributed by atoms with Crippen molar-refractivity contribution < 1.29 is 37.3 Å². The lowest BCUT2D eigenvalue weighted by Gasteiger charge is -2.52. The molecule has 0 aliphatic carbocycles. The predicted octanol–water partition coefficient (Wildman–Crippen LogP) is -0.679. The molecule has 3 rings (SSSR count). The Balaban J connectivity index is 1.98. The maximum absolute atomic E-state index is 12.9. The molecule has 13 heteroatoms. The third kappa shape index (κ3) is 3.32. The van der Waals surface area contributed by atoms with E-state index in [9.17, 15) is 37.3 Å². The van der Waals surface area contributed by atoms with Gasteiger partial charge in [0.1, 0.15) is 11.4 Å². The number of carboxylic acids is 1. The largest absolute Gasteiger partial charge is 0.480 e. The number of hydrogen-bond donors (Lipinski definition) is 4. The fourth-order valence-electron chi connectivity index (χ4n) is 3.78. The van der Waals surface area contributed by atoms with Gasteiger partial charge in [-0.05, 0) is 19.4 Å². The SMILES string of the molecule is CC1(C)S[C@H]2N(C(=O)[C@@]2(NC=O)NC(=O)C(c2ccccc2)S(=O)(=O)O)[C@H]1C(=O)O. The molecule has 0 aromatic heterocycles. The Morgan fingerprint density at radius 2 is 1.87 bits per heavy atom. The van der Waals surface area contributed by atoms with Crippen molar-refractivity contribution >= 4 is 46.1 Å². The molecule has 1 aromatic rings. The smallest absolute Gasteiger partial charge is 0.327 e. The predicted molar refractivity (Wildman–Crippen MR) is 105 cm³/mol. The molecule has 2 aliphatic rings. The number of hydrogen-bond acceptors (Lipinski definition) is 7. The molecule has 4 N–H and O–H groups in total. The van der Waals surface area contributed by atoms with Crippen molar-refractivity contribution in [3.05, 3.63) is 35.9 Å². The summed E-state index contributed by atoms with van der Waals surface area (Å²) in [6.45, 7) is 3.20. The molecule has 0 radical (unpaired) electrons. The number of carbonyl (C=O) groups is 4. The molecule has 30 heavy (non-hydrogen) atoms. The number of thioether (sulfide) groups is 1. The zero-order valence-corrected chi connectivity index (χ0v) is 17.4. The lowest BCUT2D eigenvalue weighted by Crippen LogP contribution is -2.85. The molecule has 162 valence electrons. The fraction of sp³-hybridized carbons (Fsp3) is 0.412. The lowest BCUT2D eigenvalue weighted by molar-refractivity contribution is -0.171. The topological polar surface area (TPSA) is 170 Å². The number of nitrogens with one attached hydrogen (secondary N) is 2. The Hall–Kier alpha value is -2.64. The summed E-state index contributed by atoms with van der Waals surface area (Å²) in [5.41, 5.74) is -2.10. The molecule has 2 fully saturated rings. The summed E-state index contributed by atoms with van der Waals surface area (Å²) in [6.07, 6.45) is 0.155. The van der Waals surface area contributed by atoms with E-state index in [0.717, 1.165) is 16.7 Å². The van der Waals surface area contributed by atoms with Crippen LogP contribution >= 0.6 is 11.8 Å². The molecular weight excluding hydrogens is 438 g/mol. The van der Waals surface area contributed by atoms with Crippen LogP contribution in [0.4, 0.5) is 0 Å². The molecule has 1 unspecified atom stereocenters. The van der Waals surface area contributed by atoms with Crippen molar-refractivity contribution in [3.63, 3.8) is 0 Å². The molecule has 4 atom stereocenters. The molecular formula is C17H19N3O8S2. The molecule has 2 aliphatic heterocycles. The molecule has 3 amide bonds. The van der Waals surface area contributed by atoms with Crippen LogP contribution in [0.2, 0.25) is 0 Å². The van der Waals surface area contributed by atoms with E-state index in [1.807, 2.05) is 0 Å². The molecule has 0 spiro atoms. The van der Waals surface area contributed by atoms with Crippen molar-refractivity contribution in [3.8, 4) is 0 Å². The van der Waals surface area contributed by atoms with Gasteiger partial charge in [-0.1, -0.05) is 30.3 Å². The number of carbonyl (C=O) groups excluding carboxylic acids is 3. The third-order valence-corrected chi connectivity index (χ3v) is 7.74. The van der Waals surface area contributed by atoms with E-state index < -0.39 is 55.0 Å². The highest BCUT2D eigenvalue weighted by molar-refractivity contribution is 8.01. The monoisotopic (exact) mass is 457 g/mol. The average molecular weight is 457 g/mol. The van der Waals surface area contributed by atoms with E-state index in [2.05, 4.69) is 10.6 Å². The van der Waals surface area contributed by atoms with Crippen LogP contribution < -0.4 is 10.6 Å². The van der Waals surface area contributed by atoms with Crippen LogP contribution in [-0.4, -0.2) is 69.0 Å². The number of amides is 3. The first kappa shape index (κ1) is 22.1. The van der Waals surface area contributed by atoms with Gasteiger partial charge in [0.25, 0.3) is 16.0 Å². The number of fused-ring (bicyclic) bond motifs is 1. The molecule has 11 nitrogen and oxygen atoms in total. The number of benzene rings is 1. The zero-order valence-electron chi connectivity index (χ0n) is 15.8. The van der Waals surface area contributed by atoms with E-state index in [0.29, 0.717) is 0 Å². The normalized spacial score (nSPS) is 28.1. The first-order valence-corrected chi connectivity index (χ1v) is 11.0. The number of nitrogens with zero attached hydrogens (tertiary/aromatic N) is 1. The number of rotatable bonds is 7. The molecule has 0 bridgehead atoms. The van der Waals surface area contributed by atoms with Crippen LogP contribution in [0.5, 0.6) is 0 Å². The van der Waals surface area contributed by atoms with Crippen molar-refractivity contribution in [2.45, 2.75) is 40.9 Å². The Kier molecular flexibility index (Phi) is 5.33. The minimum atomic E-state index is -4.93. The van der Waals surface area contributed by atoms with Gasteiger partial charge in [-0.25, -0.2) is 4.79 Å². The zero-order chi connectivity index (χ0) is 22.5. The summed E-state index contributed by atoms with van der Waals surface area (Å²) >= 11 is 1.04. The highest BCUT2D eigenvalue weighted by Crippen LogP contribution is 2.54. The summed E-state index contributed by atoms with van der Waals surface area (Å²) < 4.78 is 32.5. The maximum Gasteiger partial charge on any atom is 0.327 e. The van der Waals surface area contributed by atoms with Gasteiger partial charge in [0, 0.05) is 4.75 Å². The standard InChI is InChI=1S/C17H19N3O8S2/c1-16(2)11(13(23)24)20-14(25)17(18-8-21,15(20)29-16)19-12(22)10(30(26,27)28)9-6-4-3-5-7-9/h3-8,10-11,15H,1-2H3,(H,18,21)(H,19,22)(H,23,24)(H,26,27,28)/t10?,11-,15+,17+/m0/s1. The Bertz CT molecular complexity index is 1010. The summed E-state index contributed by atoms with van der Waals surface area (Å²) in [6, 6.07) is 5.90. The lowest BCUT2D eigenvalue weighted by atomic mass is 9.91. The number of β-lactam (4-membered cyclic amide) rings is 1. The van der Waals surface area contributed by atoms with Crippen LogP contribution in [0.1, 0.15) is 24.7 Å². The minimum Gasteiger partial charge on any atom is -0.480 e. The highest BCUT2D eigenvalue weighted by Gasteiger charge is 2.72. The first-order chi connectivity index (χ1) is 13.9. The molecule has 2 heterocycles. The minimum absolute atomic E-state index is 0.0507. The molecule has 0 saturated carbocycles. The van der Waals surface area contributed by atoms with Crippen LogP contribution in [0.3, 0.4) is 0 Å². The van der Waals surface area contributed by atoms with Gasteiger partial charge in [0.05, 0.1) is 0 Å². The van der Waals surface area contributed by atoms with E-state index in [4.69, 9.17) is 0 Å². The Morgan fingerprint density at radius 1 is 1.27 bits per heavy atom. The second-order valence-electron chi connectivity index (χ2n) is 7.39. The summed E-state index contributed by atoms with van der Waals surface area (Å²) in [5.74, 6) is -3.40. The quantitative estimate of drug-likeness (QED) is 0.179. The number of carboxylic acid groups (broad SMARTS) is 1. The van der Waals surface area contributed by atoms with E-state index in [1.165, 1.54) is 24.3 Å². The van der Waals surface area contributed by atoms with Crippen molar-refractivity contribution in [1.29, 1.82) is 0 Å². The fourth-order valence-corrected chi connectivity index (χ4v) is 6.27. The summed E-state index contributed by atoms with van der Waals surface area (Å²) in [4.78, 5) is 49.7.